The Hall–Kier alpha value is -2.86. The summed E-state index contributed by atoms with van der Waals surface area (Å²) in [5.74, 6) is -0.103. The van der Waals surface area contributed by atoms with E-state index >= 15 is 0 Å². The Labute approximate surface area is 150 Å². The summed E-state index contributed by atoms with van der Waals surface area (Å²) < 4.78 is 30.5. The summed E-state index contributed by atoms with van der Waals surface area (Å²) in [6, 6.07) is 13.4. The van der Waals surface area contributed by atoms with Gasteiger partial charge in [-0.05, 0) is 25.1 Å². The molecular weight excluding hydrogens is 337 g/mol. The zero-order valence-electron chi connectivity index (χ0n) is 14.8. The van der Waals surface area contributed by atoms with Crippen LogP contribution in [0.4, 0.5) is 4.39 Å². The van der Waals surface area contributed by atoms with Crippen molar-refractivity contribution in [3.8, 4) is 5.75 Å². The van der Waals surface area contributed by atoms with Crippen LogP contribution in [0.15, 0.2) is 52.9 Å². The highest BCUT2D eigenvalue weighted by atomic mass is 19.1. The van der Waals surface area contributed by atoms with Gasteiger partial charge in [0.15, 0.2) is 17.1 Å². The van der Waals surface area contributed by atoms with Crippen LogP contribution < -0.4 is 10.1 Å². The van der Waals surface area contributed by atoms with E-state index in [0.29, 0.717) is 16.9 Å². The number of fused-ring (bicyclic) bond motifs is 1. The number of benzene rings is 2. The summed E-state index contributed by atoms with van der Waals surface area (Å²) in [6.07, 6.45) is 0. The number of hydrogen-bond donors (Lipinski definition) is 1. The Morgan fingerprint density at radius 1 is 1.19 bits per heavy atom. The van der Waals surface area contributed by atoms with Crippen LogP contribution in [0.3, 0.4) is 0 Å². The van der Waals surface area contributed by atoms with Crippen LogP contribution in [0, 0.1) is 5.82 Å². The summed E-state index contributed by atoms with van der Waals surface area (Å²) in [6.45, 7) is 1.80. The SMILES string of the molecule is COc1cccc2cc(C(=O)NC[C@](C)(OC)c3ccccc3F)oc12. The Bertz CT molecular complexity index is 936. The van der Waals surface area contributed by atoms with Crippen molar-refractivity contribution in [2.75, 3.05) is 20.8 Å². The van der Waals surface area contributed by atoms with E-state index in [2.05, 4.69) is 5.32 Å². The quantitative estimate of drug-likeness (QED) is 0.727. The molecule has 0 spiro atoms. The lowest BCUT2D eigenvalue weighted by Crippen LogP contribution is -2.40. The van der Waals surface area contributed by atoms with Crippen molar-refractivity contribution >= 4 is 16.9 Å². The summed E-state index contributed by atoms with van der Waals surface area (Å²) in [7, 11) is 3.01. The topological polar surface area (TPSA) is 60.7 Å². The Kier molecular flexibility index (Phi) is 4.95. The molecule has 0 radical (unpaired) electrons. The van der Waals surface area contributed by atoms with Gasteiger partial charge in [-0.25, -0.2) is 4.39 Å². The average Bonchev–Trinajstić information content (AvgIpc) is 3.10. The van der Waals surface area contributed by atoms with Crippen LogP contribution in [0.5, 0.6) is 5.75 Å². The highest BCUT2D eigenvalue weighted by Gasteiger charge is 2.30. The number of methoxy groups -OCH3 is 2. The second-order valence-electron chi connectivity index (χ2n) is 6.09. The van der Waals surface area contributed by atoms with Gasteiger partial charge in [-0.15, -0.1) is 0 Å². The number of furan rings is 1. The first-order chi connectivity index (χ1) is 12.5. The predicted octanol–water partition coefficient (Wildman–Crippen LogP) is 3.87. The third-order valence-corrected chi connectivity index (χ3v) is 4.43. The van der Waals surface area contributed by atoms with Gasteiger partial charge in [0.25, 0.3) is 5.91 Å². The first-order valence-electron chi connectivity index (χ1n) is 8.13. The van der Waals surface area contributed by atoms with Crippen LogP contribution in [0.2, 0.25) is 0 Å². The van der Waals surface area contributed by atoms with Crippen LogP contribution in [-0.2, 0) is 10.3 Å². The molecule has 136 valence electrons. The van der Waals surface area contributed by atoms with Gasteiger partial charge in [0.2, 0.25) is 0 Å². The molecule has 1 heterocycles. The van der Waals surface area contributed by atoms with Crippen molar-refractivity contribution in [2.24, 2.45) is 0 Å². The number of ether oxygens (including phenoxy) is 2. The number of carbonyl (C=O) groups is 1. The zero-order chi connectivity index (χ0) is 18.7. The van der Waals surface area contributed by atoms with Crippen LogP contribution in [-0.4, -0.2) is 26.7 Å². The van der Waals surface area contributed by atoms with Crippen LogP contribution in [0.1, 0.15) is 23.0 Å². The molecule has 1 amide bonds. The number of halogens is 1. The van der Waals surface area contributed by atoms with Crippen LogP contribution >= 0.6 is 0 Å². The Morgan fingerprint density at radius 2 is 1.96 bits per heavy atom. The zero-order valence-corrected chi connectivity index (χ0v) is 14.8. The number of carbonyl (C=O) groups excluding carboxylic acids is 1. The smallest absolute Gasteiger partial charge is 0.287 e. The minimum atomic E-state index is -1.01. The summed E-state index contributed by atoms with van der Waals surface area (Å²) >= 11 is 0. The molecule has 1 N–H and O–H groups in total. The molecule has 0 bridgehead atoms. The van der Waals surface area contributed by atoms with E-state index in [4.69, 9.17) is 13.9 Å². The largest absolute Gasteiger partial charge is 0.493 e. The van der Waals surface area contributed by atoms with Crippen molar-refractivity contribution < 1.29 is 23.1 Å². The third-order valence-electron chi connectivity index (χ3n) is 4.43. The standard InChI is InChI=1S/C20H20FNO4/c1-20(25-3,14-8-4-5-9-15(14)21)12-22-19(23)17-11-13-7-6-10-16(24-2)18(13)26-17/h4-11H,12H2,1-3H3,(H,22,23)/t20-/m0/s1. The normalized spacial score (nSPS) is 13.4. The fourth-order valence-corrected chi connectivity index (χ4v) is 2.81. The van der Waals surface area contributed by atoms with Gasteiger partial charge in [0.1, 0.15) is 11.4 Å². The van der Waals surface area contributed by atoms with E-state index in [-0.39, 0.29) is 18.1 Å². The van der Waals surface area contributed by atoms with Crippen molar-refractivity contribution in [1.82, 2.24) is 5.32 Å². The molecule has 1 atom stereocenters. The average molecular weight is 357 g/mol. The maximum absolute atomic E-state index is 14.1. The first-order valence-corrected chi connectivity index (χ1v) is 8.13. The molecule has 0 aliphatic carbocycles. The van der Waals surface area contributed by atoms with E-state index in [1.807, 2.05) is 12.1 Å². The summed E-state index contributed by atoms with van der Waals surface area (Å²) in [4.78, 5) is 12.5. The fraction of sp³-hybridized carbons (Fsp3) is 0.250. The van der Waals surface area contributed by atoms with Gasteiger partial charge < -0.3 is 19.2 Å². The van der Waals surface area contributed by atoms with Gasteiger partial charge >= 0.3 is 0 Å². The monoisotopic (exact) mass is 357 g/mol. The van der Waals surface area contributed by atoms with Gasteiger partial charge in [-0.2, -0.15) is 0 Å². The molecule has 3 rings (SSSR count). The van der Waals surface area contributed by atoms with Gasteiger partial charge in [-0.1, -0.05) is 30.3 Å². The first kappa shape index (κ1) is 17.9. The van der Waals surface area contributed by atoms with E-state index in [1.54, 1.807) is 37.3 Å². The number of para-hydroxylation sites is 1. The van der Waals surface area contributed by atoms with E-state index in [1.165, 1.54) is 20.3 Å². The fourth-order valence-electron chi connectivity index (χ4n) is 2.81. The molecule has 0 saturated carbocycles. The lowest BCUT2D eigenvalue weighted by Gasteiger charge is -2.29. The van der Waals surface area contributed by atoms with Gasteiger partial charge in [0.05, 0.1) is 13.7 Å². The molecule has 1 aromatic heterocycles. The number of nitrogens with one attached hydrogen (secondary N) is 1. The summed E-state index contributed by atoms with van der Waals surface area (Å²) in [5.41, 5.74) is -0.136. The van der Waals surface area contributed by atoms with Crippen molar-refractivity contribution in [3.63, 3.8) is 0 Å². The maximum Gasteiger partial charge on any atom is 0.287 e. The summed E-state index contributed by atoms with van der Waals surface area (Å²) in [5, 5.41) is 3.51. The Morgan fingerprint density at radius 3 is 2.65 bits per heavy atom. The molecular formula is C20H20FNO4. The molecule has 6 heteroatoms. The van der Waals surface area contributed by atoms with Crippen molar-refractivity contribution in [2.45, 2.75) is 12.5 Å². The number of amides is 1. The van der Waals surface area contributed by atoms with Gasteiger partial charge in [-0.3, -0.25) is 4.79 Å². The second-order valence-corrected chi connectivity index (χ2v) is 6.09. The lowest BCUT2D eigenvalue weighted by atomic mass is 9.95. The molecule has 0 aliphatic heterocycles. The molecule has 2 aromatic carbocycles. The van der Waals surface area contributed by atoms with E-state index in [0.717, 1.165) is 5.39 Å². The van der Waals surface area contributed by atoms with Crippen molar-refractivity contribution in [3.05, 3.63) is 65.7 Å². The minimum absolute atomic E-state index is 0.0808. The molecule has 0 fully saturated rings. The Balaban J connectivity index is 1.80. The van der Waals surface area contributed by atoms with E-state index in [9.17, 15) is 9.18 Å². The van der Waals surface area contributed by atoms with Crippen molar-refractivity contribution in [1.29, 1.82) is 0 Å². The molecule has 0 saturated heterocycles. The minimum Gasteiger partial charge on any atom is -0.493 e. The highest BCUT2D eigenvalue weighted by Crippen LogP contribution is 2.29. The van der Waals surface area contributed by atoms with Crippen LogP contribution in [0.25, 0.3) is 11.0 Å². The van der Waals surface area contributed by atoms with E-state index < -0.39 is 11.5 Å². The van der Waals surface area contributed by atoms with Gasteiger partial charge in [0, 0.05) is 18.1 Å². The molecule has 26 heavy (non-hydrogen) atoms. The number of rotatable bonds is 6. The third kappa shape index (κ3) is 3.28. The number of hydrogen-bond acceptors (Lipinski definition) is 4. The predicted molar refractivity (Wildman–Crippen MR) is 95.9 cm³/mol. The second kappa shape index (κ2) is 7.17. The molecule has 3 aromatic rings. The maximum atomic E-state index is 14.1. The lowest BCUT2D eigenvalue weighted by molar-refractivity contribution is 0.000199. The molecule has 5 nitrogen and oxygen atoms in total. The molecule has 0 unspecified atom stereocenters. The highest BCUT2D eigenvalue weighted by molar-refractivity contribution is 5.97. The molecule has 0 aliphatic rings.